The zero-order valence-electron chi connectivity index (χ0n) is 10.2. The maximum absolute atomic E-state index is 6.20. The normalized spacial score (nSPS) is 15.5. The van der Waals surface area contributed by atoms with Crippen LogP contribution < -0.4 is 0 Å². The fourth-order valence-electron chi connectivity index (χ4n) is 2.74. The van der Waals surface area contributed by atoms with E-state index >= 15 is 0 Å². The van der Waals surface area contributed by atoms with E-state index < -0.39 is 0 Å². The third-order valence-corrected chi connectivity index (χ3v) is 4.64. The topological polar surface area (TPSA) is 17.8 Å². The summed E-state index contributed by atoms with van der Waals surface area (Å²) >= 11 is 9.86. The molecule has 0 bridgehead atoms. The smallest absolute Gasteiger partial charge is 0.0678 e. The molecule has 19 heavy (non-hydrogen) atoms. The van der Waals surface area contributed by atoms with E-state index in [4.69, 9.17) is 11.6 Å². The van der Waals surface area contributed by atoms with E-state index in [1.807, 2.05) is 24.5 Å². The Hall–Kier alpha value is -1.06. The van der Waals surface area contributed by atoms with Crippen LogP contribution in [0.3, 0.4) is 0 Å². The predicted molar refractivity (Wildman–Crippen MR) is 82.7 cm³/mol. The number of pyridine rings is 1. The summed E-state index contributed by atoms with van der Waals surface area (Å²) in [6.45, 7) is 1.08. The molecule has 0 atom stereocenters. The molecule has 0 unspecified atom stereocenters. The molecule has 1 saturated carbocycles. The van der Waals surface area contributed by atoms with Gasteiger partial charge < -0.3 is 4.57 Å². The second kappa shape index (κ2) is 4.22. The number of hydrogen-bond donors (Lipinski definition) is 0. The first-order valence-corrected chi connectivity index (χ1v) is 7.62. The predicted octanol–water partition coefficient (Wildman–Crippen LogP) is 5.02. The molecule has 1 aliphatic carbocycles. The lowest BCUT2D eigenvalue weighted by molar-refractivity contribution is 0.663. The fraction of sp³-hybridized carbons (Fsp3) is 0.267. The van der Waals surface area contributed by atoms with Crippen LogP contribution in [-0.2, 0) is 6.54 Å². The highest BCUT2D eigenvalue weighted by Gasteiger charge is 2.24. The summed E-state index contributed by atoms with van der Waals surface area (Å²) in [6, 6.07) is 6.09. The minimum atomic E-state index is 0.765. The number of fused-ring (bicyclic) bond motifs is 3. The maximum atomic E-state index is 6.20. The van der Waals surface area contributed by atoms with Crippen LogP contribution in [0.15, 0.2) is 35.1 Å². The SMILES string of the molecule is Clc1cc(Br)c2c(c1)c1ccncc1n2CC1CC1. The van der Waals surface area contributed by atoms with Crippen LogP contribution in [-0.4, -0.2) is 9.55 Å². The van der Waals surface area contributed by atoms with Crippen LogP contribution in [0.1, 0.15) is 12.8 Å². The van der Waals surface area contributed by atoms with Crippen molar-refractivity contribution in [1.29, 1.82) is 0 Å². The fourth-order valence-corrected chi connectivity index (χ4v) is 3.77. The average molecular weight is 336 g/mol. The summed E-state index contributed by atoms with van der Waals surface area (Å²) in [5.41, 5.74) is 2.44. The molecule has 0 aliphatic heterocycles. The monoisotopic (exact) mass is 334 g/mol. The summed E-state index contributed by atoms with van der Waals surface area (Å²) in [5, 5.41) is 3.20. The Kier molecular flexibility index (Phi) is 2.61. The second-order valence-electron chi connectivity index (χ2n) is 5.23. The molecule has 0 N–H and O–H groups in total. The Labute approximate surface area is 124 Å². The summed E-state index contributed by atoms with van der Waals surface area (Å²) < 4.78 is 3.45. The second-order valence-corrected chi connectivity index (χ2v) is 6.52. The maximum Gasteiger partial charge on any atom is 0.0678 e. The van der Waals surface area contributed by atoms with Gasteiger partial charge in [-0.1, -0.05) is 11.6 Å². The van der Waals surface area contributed by atoms with Crippen molar-refractivity contribution in [2.24, 2.45) is 5.92 Å². The Balaban J connectivity index is 2.14. The molecular weight excluding hydrogens is 324 g/mol. The Morgan fingerprint density at radius 2 is 2.16 bits per heavy atom. The van der Waals surface area contributed by atoms with Gasteiger partial charge in [0.2, 0.25) is 0 Å². The number of rotatable bonds is 2. The highest BCUT2D eigenvalue weighted by atomic mass is 79.9. The highest BCUT2D eigenvalue weighted by Crippen LogP contribution is 2.39. The van der Waals surface area contributed by atoms with Gasteiger partial charge in [-0.15, -0.1) is 0 Å². The van der Waals surface area contributed by atoms with Gasteiger partial charge in [-0.3, -0.25) is 4.98 Å². The van der Waals surface area contributed by atoms with Gasteiger partial charge in [0, 0.05) is 33.0 Å². The molecule has 3 aromatic rings. The van der Waals surface area contributed by atoms with Gasteiger partial charge in [0.25, 0.3) is 0 Å². The molecule has 4 rings (SSSR count). The largest absolute Gasteiger partial charge is 0.338 e. The van der Waals surface area contributed by atoms with E-state index in [0.29, 0.717) is 0 Å². The average Bonchev–Trinajstić information content (AvgIpc) is 3.14. The molecule has 96 valence electrons. The van der Waals surface area contributed by atoms with E-state index in [9.17, 15) is 0 Å². The molecule has 4 heteroatoms. The third kappa shape index (κ3) is 1.87. The molecular formula is C15H12BrClN2. The van der Waals surface area contributed by atoms with E-state index in [0.717, 1.165) is 22.0 Å². The van der Waals surface area contributed by atoms with Crippen molar-refractivity contribution in [2.45, 2.75) is 19.4 Å². The first-order valence-electron chi connectivity index (χ1n) is 6.45. The minimum absolute atomic E-state index is 0.765. The quantitative estimate of drug-likeness (QED) is 0.643. The van der Waals surface area contributed by atoms with Crippen molar-refractivity contribution < 1.29 is 0 Å². The van der Waals surface area contributed by atoms with Crippen LogP contribution in [0.5, 0.6) is 0 Å². The first kappa shape index (κ1) is 11.7. The van der Waals surface area contributed by atoms with E-state index in [1.54, 1.807) is 0 Å². The van der Waals surface area contributed by atoms with Crippen LogP contribution >= 0.6 is 27.5 Å². The van der Waals surface area contributed by atoms with Crippen molar-refractivity contribution in [1.82, 2.24) is 9.55 Å². The third-order valence-electron chi connectivity index (χ3n) is 3.82. The Morgan fingerprint density at radius 3 is 2.95 bits per heavy atom. The lowest BCUT2D eigenvalue weighted by atomic mass is 10.2. The summed E-state index contributed by atoms with van der Waals surface area (Å²) in [5.74, 6) is 0.821. The number of halogens is 2. The summed E-state index contributed by atoms with van der Waals surface area (Å²) in [7, 11) is 0. The van der Waals surface area contributed by atoms with Gasteiger partial charge in [-0.2, -0.15) is 0 Å². The highest BCUT2D eigenvalue weighted by molar-refractivity contribution is 9.10. The molecule has 1 aromatic carbocycles. The zero-order chi connectivity index (χ0) is 13.0. The lowest BCUT2D eigenvalue weighted by Crippen LogP contribution is -1.99. The Bertz CT molecular complexity index is 790. The molecule has 1 aliphatic rings. The zero-order valence-corrected chi connectivity index (χ0v) is 12.6. The van der Waals surface area contributed by atoms with Gasteiger partial charge in [0.05, 0.1) is 17.2 Å². The standard InChI is InChI=1S/C15H12BrClN2/c16-13-6-10(17)5-12-11-3-4-18-7-14(11)19(15(12)13)8-9-1-2-9/h3-7,9H,1-2,8H2. The number of benzene rings is 1. The number of nitrogens with zero attached hydrogens (tertiary/aromatic N) is 2. The minimum Gasteiger partial charge on any atom is -0.338 e. The lowest BCUT2D eigenvalue weighted by Gasteiger charge is -2.07. The molecule has 2 nitrogen and oxygen atoms in total. The van der Waals surface area contributed by atoms with Gasteiger partial charge in [-0.05, 0) is 52.9 Å². The van der Waals surface area contributed by atoms with Crippen LogP contribution in [0.4, 0.5) is 0 Å². The molecule has 0 amide bonds. The van der Waals surface area contributed by atoms with Crippen molar-refractivity contribution in [3.05, 3.63) is 40.1 Å². The van der Waals surface area contributed by atoms with Crippen molar-refractivity contribution in [2.75, 3.05) is 0 Å². The number of aromatic nitrogens is 2. The van der Waals surface area contributed by atoms with Crippen LogP contribution in [0.2, 0.25) is 5.02 Å². The van der Waals surface area contributed by atoms with Gasteiger partial charge in [0.1, 0.15) is 0 Å². The van der Waals surface area contributed by atoms with Crippen molar-refractivity contribution in [3.8, 4) is 0 Å². The molecule has 1 fully saturated rings. The molecule has 0 saturated heterocycles. The van der Waals surface area contributed by atoms with E-state index in [1.165, 1.54) is 34.6 Å². The molecule has 0 radical (unpaired) electrons. The van der Waals surface area contributed by atoms with Crippen molar-refractivity contribution in [3.63, 3.8) is 0 Å². The van der Waals surface area contributed by atoms with Crippen molar-refractivity contribution >= 4 is 49.3 Å². The van der Waals surface area contributed by atoms with Gasteiger partial charge in [0.15, 0.2) is 0 Å². The first-order chi connectivity index (χ1) is 9.24. The molecule has 2 aromatic heterocycles. The van der Waals surface area contributed by atoms with Crippen LogP contribution in [0, 0.1) is 5.92 Å². The van der Waals surface area contributed by atoms with E-state index in [-0.39, 0.29) is 0 Å². The molecule has 2 heterocycles. The summed E-state index contributed by atoms with van der Waals surface area (Å²) in [6.07, 6.45) is 6.48. The number of hydrogen-bond acceptors (Lipinski definition) is 1. The van der Waals surface area contributed by atoms with Gasteiger partial charge >= 0.3 is 0 Å². The Morgan fingerprint density at radius 1 is 1.32 bits per heavy atom. The molecule has 0 spiro atoms. The van der Waals surface area contributed by atoms with E-state index in [2.05, 4.69) is 31.5 Å². The summed E-state index contributed by atoms with van der Waals surface area (Å²) in [4.78, 5) is 4.28. The van der Waals surface area contributed by atoms with Crippen LogP contribution in [0.25, 0.3) is 21.8 Å². The van der Waals surface area contributed by atoms with Gasteiger partial charge in [-0.25, -0.2) is 0 Å².